The molecule has 43 heavy (non-hydrogen) atoms. The third-order valence-corrected chi connectivity index (χ3v) is 9.25. The number of morpholine rings is 1. The second kappa shape index (κ2) is 11.9. The van der Waals surface area contributed by atoms with Gasteiger partial charge in [0.1, 0.15) is 5.82 Å². The maximum Gasteiger partial charge on any atom is 0.407 e. The van der Waals surface area contributed by atoms with Crippen LogP contribution in [0.5, 0.6) is 0 Å². The fraction of sp³-hybridized carbons (Fsp3) is 0.625. The maximum absolute atomic E-state index is 12.2. The molecular formula is C32H45N7O4. The lowest BCUT2D eigenvalue weighted by atomic mass is 9.77. The Morgan fingerprint density at radius 1 is 1.07 bits per heavy atom. The van der Waals surface area contributed by atoms with E-state index in [4.69, 9.17) is 14.7 Å². The SMILES string of the molecule is CC1COCCN1c1nc(-c2ccc(NC(=O)NC3CC3)cc2)nc2c1CN(CC1CCN(C(=O)O)C(C(C)(C)C)C1)C2. The summed E-state index contributed by atoms with van der Waals surface area (Å²) in [5.74, 6) is 2.09. The molecule has 0 bridgehead atoms. The van der Waals surface area contributed by atoms with Crippen molar-refractivity contribution in [1.29, 1.82) is 0 Å². The summed E-state index contributed by atoms with van der Waals surface area (Å²) < 4.78 is 5.74. The van der Waals surface area contributed by atoms with Crippen molar-refractivity contribution in [2.45, 2.75) is 84.6 Å². The number of carbonyl (C=O) groups excluding carboxylic acids is 1. The average molecular weight is 592 g/mol. The van der Waals surface area contributed by atoms with Crippen molar-refractivity contribution in [1.82, 2.24) is 25.1 Å². The Morgan fingerprint density at radius 2 is 1.84 bits per heavy atom. The van der Waals surface area contributed by atoms with Gasteiger partial charge in [-0.1, -0.05) is 20.8 Å². The summed E-state index contributed by atoms with van der Waals surface area (Å²) in [7, 11) is 0. The zero-order valence-electron chi connectivity index (χ0n) is 25.8. The van der Waals surface area contributed by atoms with Crippen LogP contribution in [-0.2, 0) is 17.8 Å². The summed E-state index contributed by atoms with van der Waals surface area (Å²) in [6, 6.07) is 8.08. The molecule has 3 unspecified atom stereocenters. The van der Waals surface area contributed by atoms with Crippen molar-refractivity contribution in [2.75, 3.05) is 43.1 Å². The number of likely N-dealkylation sites (tertiary alicyclic amines) is 1. The molecular weight excluding hydrogens is 546 g/mol. The summed E-state index contributed by atoms with van der Waals surface area (Å²) >= 11 is 0. The van der Waals surface area contributed by atoms with E-state index < -0.39 is 6.09 Å². The van der Waals surface area contributed by atoms with E-state index >= 15 is 0 Å². The number of piperidine rings is 1. The number of urea groups is 1. The third-order valence-electron chi connectivity index (χ3n) is 9.25. The normalized spacial score (nSPS) is 24.5. The van der Waals surface area contributed by atoms with Crippen molar-refractivity contribution in [3.8, 4) is 11.4 Å². The molecule has 11 heteroatoms. The zero-order valence-corrected chi connectivity index (χ0v) is 25.8. The molecule has 0 spiro atoms. The molecule has 0 radical (unpaired) electrons. The van der Waals surface area contributed by atoms with Crippen molar-refractivity contribution in [2.24, 2.45) is 11.3 Å². The van der Waals surface area contributed by atoms with Gasteiger partial charge < -0.3 is 30.3 Å². The lowest BCUT2D eigenvalue weighted by Gasteiger charge is -2.45. The number of rotatable bonds is 6. The highest BCUT2D eigenvalue weighted by Gasteiger charge is 2.40. The highest BCUT2D eigenvalue weighted by atomic mass is 16.5. The van der Waals surface area contributed by atoms with Gasteiger partial charge in [0.15, 0.2) is 5.82 Å². The van der Waals surface area contributed by atoms with Crippen LogP contribution in [0.15, 0.2) is 24.3 Å². The van der Waals surface area contributed by atoms with Gasteiger partial charge in [-0.05, 0) is 68.2 Å². The molecule has 1 aliphatic carbocycles. The average Bonchev–Trinajstić information content (AvgIpc) is 3.68. The molecule has 3 fully saturated rings. The van der Waals surface area contributed by atoms with E-state index in [-0.39, 0.29) is 23.5 Å². The summed E-state index contributed by atoms with van der Waals surface area (Å²) in [6.07, 6.45) is 3.01. The lowest BCUT2D eigenvalue weighted by Crippen LogP contribution is -2.52. The van der Waals surface area contributed by atoms with Gasteiger partial charge >= 0.3 is 12.1 Å². The molecule has 6 rings (SSSR count). The van der Waals surface area contributed by atoms with Crippen LogP contribution in [0.1, 0.15) is 64.6 Å². The molecule has 3 atom stereocenters. The highest BCUT2D eigenvalue weighted by molar-refractivity contribution is 5.89. The number of hydrogen-bond donors (Lipinski definition) is 3. The van der Waals surface area contributed by atoms with Crippen LogP contribution in [0.25, 0.3) is 11.4 Å². The summed E-state index contributed by atoms with van der Waals surface area (Å²) in [4.78, 5) is 40.8. The molecule has 1 aromatic carbocycles. The predicted octanol–water partition coefficient (Wildman–Crippen LogP) is 4.77. The first-order valence-electron chi connectivity index (χ1n) is 15.7. The van der Waals surface area contributed by atoms with Crippen molar-refractivity contribution >= 4 is 23.6 Å². The van der Waals surface area contributed by atoms with Crippen LogP contribution in [0, 0.1) is 11.3 Å². The first kappa shape index (κ1) is 29.6. The smallest absolute Gasteiger partial charge is 0.407 e. The molecule has 3 aliphatic heterocycles. The Balaban J connectivity index is 1.21. The van der Waals surface area contributed by atoms with Crippen molar-refractivity contribution < 1.29 is 19.4 Å². The number of fused-ring (bicyclic) bond motifs is 1. The van der Waals surface area contributed by atoms with Gasteiger partial charge in [-0.15, -0.1) is 0 Å². The van der Waals surface area contributed by atoms with Crippen LogP contribution in [-0.4, -0.2) is 88.0 Å². The quantitative estimate of drug-likeness (QED) is 0.439. The summed E-state index contributed by atoms with van der Waals surface area (Å²) in [5.41, 5.74) is 3.77. The van der Waals surface area contributed by atoms with Crippen LogP contribution in [0.4, 0.5) is 21.1 Å². The number of benzene rings is 1. The third kappa shape index (κ3) is 6.72. The number of ether oxygens (including phenoxy) is 1. The number of nitrogens with zero attached hydrogens (tertiary/aromatic N) is 5. The molecule has 4 aliphatic rings. The molecule has 11 nitrogen and oxygen atoms in total. The van der Waals surface area contributed by atoms with E-state index in [0.29, 0.717) is 37.5 Å². The first-order valence-corrected chi connectivity index (χ1v) is 15.7. The van der Waals surface area contributed by atoms with Gasteiger partial charge in [0.2, 0.25) is 0 Å². The molecule has 1 aromatic heterocycles. The Morgan fingerprint density at radius 3 is 2.51 bits per heavy atom. The number of nitrogens with one attached hydrogen (secondary N) is 2. The topological polar surface area (TPSA) is 123 Å². The minimum absolute atomic E-state index is 0.00197. The first-order chi connectivity index (χ1) is 20.5. The number of carbonyl (C=O) groups is 2. The van der Waals surface area contributed by atoms with E-state index in [9.17, 15) is 14.7 Å². The fourth-order valence-electron chi connectivity index (χ4n) is 6.74. The van der Waals surface area contributed by atoms with Crippen LogP contribution >= 0.6 is 0 Å². The number of carboxylic acid groups (broad SMARTS) is 1. The molecule has 2 saturated heterocycles. The van der Waals surface area contributed by atoms with Crippen molar-refractivity contribution in [3.63, 3.8) is 0 Å². The number of aromatic nitrogens is 2. The summed E-state index contributed by atoms with van der Waals surface area (Å²) in [5, 5.41) is 15.7. The second-order valence-corrected chi connectivity index (χ2v) is 13.8. The Bertz CT molecular complexity index is 1340. The van der Waals surface area contributed by atoms with Gasteiger partial charge in [0.25, 0.3) is 0 Å². The number of anilines is 2. The number of hydrogen-bond acceptors (Lipinski definition) is 7. The Kier molecular flexibility index (Phi) is 8.21. The zero-order chi connectivity index (χ0) is 30.3. The largest absolute Gasteiger partial charge is 0.465 e. The lowest BCUT2D eigenvalue weighted by molar-refractivity contribution is 0.0319. The van der Waals surface area contributed by atoms with E-state index in [1.165, 1.54) is 5.56 Å². The van der Waals surface area contributed by atoms with E-state index in [0.717, 1.165) is 74.6 Å². The molecule has 3 amide bonds. The van der Waals surface area contributed by atoms with Crippen LogP contribution in [0.2, 0.25) is 0 Å². The standard InChI is InChI=1S/C32H45N7O4/c1-20-19-43-14-13-38(20)29-25-17-37(16-21-11-12-39(31(41)42)27(15-21)32(2,3)4)18-26(25)35-28(36-29)22-5-7-23(8-6-22)33-30(40)34-24-9-10-24/h5-8,20-21,24,27H,9-19H2,1-4H3,(H,41,42)(H2,33,34,40). The second-order valence-electron chi connectivity index (χ2n) is 13.8. The Hall–Kier alpha value is -3.44. The minimum Gasteiger partial charge on any atom is -0.465 e. The maximum atomic E-state index is 12.2. The number of amides is 3. The van der Waals surface area contributed by atoms with Gasteiger partial charge in [-0.2, -0.15) is 0 Å². The predicted molar refractivity (Wildman–Crippen MR) is 165 cm³/mol. The minimum atomic E-state index is -0.815. The van der Waals surface area contributed by atoms with Gasteiger partial charge in [-0.3, -0.25) is 4.90 Å². The summed E-state index contributed by atoms with van der Waals surface area (Å²) in [6.45, 7) is 13.7. The monoisotopic (exact) mass is 591 g/mol. The van der Waals surface area contributed by atoms with Gasteiger partial charge in [0.05, 0.1) is 24.9 Å². The van der Waals surface area contributed by atoms with Crippen LogP contribution < -0.4 is 15.5 Å². The fourth-order valence-corrected chi connectivity index (χ4v) is 6.74. The Labute approximate surface area is 254 Å². The molecule has 232 valence electrons. The van der Waals surface area contributed by atoms with Crippen molar-refractivity contribution in [3.05, 3.63) is 35.5 Å². The molecule has 1 saturated carbocycles. The molecule has 3 N–H and O–H groups in total. The van der Waals surface area contributed by atoms with Gasteiger partial charge in [-0.25, -0.2) is 19.6 Å². The van der Waals surface area contributed by atoms with E-state index in [1.807, 2.05) is 24.3 Å². The molecule has 2 aromatic rings. The van der Waals surface area contributed by atoms with E-state index in [1.54, 1.807) is 4.90 Å². The molecule has 4 heterocycles. The van der Waals surface area contributed by atoms with Crippen LogP contribution in [0.3, 0.4) is 0 Å². The van der Waals surface area contributed by atoms with Gasteiger partial charge in [0, 0.05) is 61.6 Å². The highest BCUT2D eigenvalue weighted by Crippen LogP contribution is 2.38. The van der Waals surface area contributed by atoms with E-state index in [2.05, 4.69) is 48.1 Å².